The molecule has 6 nitrogen and oxygen atoms in total. The second kappa shape index (κ2) is 5.08. The SMILES string of the molecule is Nc1ccc(S(=O)(=O)NC2(C(=O)O)CC2c2ccccc2)s1. The summed E-state index contributed by atoms with van der Waals surface area (Å²) in [7, 11) is -3.91. The van der Waals surface area contributed by atoms with E-state index in [1.807, 2.05) is 6.07 Å². The Kier molecular flexibility index (Phi) is 3.47. The van der Waals surface area contributed by atoms with E-state index < -0.39 is 21.5 Å². The van der Waals surface area contributed by atoms with E-state index in [1.54, 1.807) is 24.3 Å². The van der Waals surface area contributed by atoms with Gasteiger partial charge in [0, 0.05) is 5.92 Å². The van der Waals surface area contributed by atoms with Crippen LogP contribution in [0.5, 0.6) is 0 Å². The van der Waals surface area contributed by atoms with Crippen molar-refractivity contribution in [2.24, 2.45) is 0 Å². The number of rotatable bonds is 5. The lowest BCUT2D eigenvalue weighted by atomic mass is 10.1. The molecule has 1 aliphatic rings. The number of benzene rings is 1. The minimum atomic E-state index is -3.91. The lowest BCUT2D eigenvalue weighted by Gasteiger charge is -2.14. The maximum Gasteiger partial charge on any atom is 0.325 e. The predicted molar refractivity (Wildman–Crippen MR) is 83.2 cm³/mol. The minimum absolute atomic E-state index is 0.0179. The standard InChI is InChI=1S/C14H14N2O4S2/c15-11-6-7-12(21-11)22(19,20)16-14(13(17)18)8-10(14)9-4-2-1-3-5-9/h1-7,10,16H,8,15H2,(H,17,18). The molecule has 0 spiro atoms. The number of hydrogen-bond donors (Lipinski definition) is 3. The normalized spacial score (nSPS) is 24.1. The maximum atomic E-state index is 12.4. The molecule has 1 aromatic carbocycles. The number of carboxylic acid groups (broad SMARTS) is 1. The second-order valence-electron chi connectivity index (χ2n) is 5.21. The maximum absolute atomic E-state index is 12.4. The molecule has 4 N–H and O–H groups in total. The van der Waals surface area contributed by atoms with E-state index in [9.17, 15) is 18.3 Å². The van der Waals surface area contributed by atoms with Gasteiger partial charge in [0.2, 0.25) is 0 Å². The minimum Gasteiger partial charge on any atom is -0.480 e. The van der Waals surface area contributed by atoms with Gasteiger partial charge in [-0.2, -0.15) is 4.72 Å². The highest BCUT2D eigenvalue weighted by atomic mass is 32.2. The molecular weight excluding hydrogens is 324 g/mol. The molecule has 0 amide bonds. The molecule has 1 saturated carbocycles. The monoisotopic (exact) mass is 338 g/mol. The number of nitrogens with one attached hydrogen (secondary N) is 1. The highest BCUT2D eigenvalue weighted by Gasteiger charge is 2.63. The van der Waals surface area contributed by atoms with Gasteiger partial charge >= 0.3 is 5.97 Å². The number of nitrogen functional groups attached to an aromatic ring is 1. The molecule has 2 unspecified atom stereocenters. The number of sulfonamides is 1. The molecule has 0 radical (unpaired) electrons. The third-order valence-corrected chi connectivity index (χ3v) is 6.64. The molecule has 1 fully saturated rings. The summed E-state index contributed by atoms with van der Waals surface area (Å²) < 4.78 is 27.1. The molecule has 0 saturated heterocycles. The van der Waals surface area contributed by atoms with Crippen LogP contribution >= 0.6 is 11.3 Å². The first kappa shape index (κ1) is 15.0. The summed E-state index contributed by atoms with van der Waals surface area (Å²) >= 11 is 0.906. The van der Waals surface area contributed by atoms with Gasteiger partial charge in [0.1, 0.15) is 9.75 Å². The van der Waals surface area contributed by atoms with Crippen molar-refractivity contribution >= 4 is 32.3 Å². The van der Waals surface area contributed by atoms with Crippen molar-refractivity contribution in [3.05, 3.63) is 48.0 Å². The molecule has 0 aliphatic heterocycles. The fourth-order valence-electron chi connectivity index (χ4n) is 2.51. The van der Waals surface area contributed by atoms with Crippen LogP contribution < -0.4 is 10.5 Å². The van der Waals surface area contributed by atoms with E-state index in [4.69, 9.17) is 5.73 Å². The third kappa shape index (κ3) is 2.49. The fraction of sp³-hybridized carbons (Fsp3) is 0.214. The Morgan fingerprint density at radius 1 is 1.27 bits per heavy atom. The molecule has 1 aromatic heterocycles. The summed E-state index contributed by atoms with van der Waals surface area (Å²) in [4.78, 5) is 11.6. The average molecular weight is 338 g/mol. The Morgan fingerprint density at radius 3 is 2.50 bits per heavy atom. The van der Waals surface area contributed by atoms with E-state index >= 15 is 0 Å². The molecule has 2 aromatic rings. The van der Waals surface area contributed by atoms with Crippen LogP contribution in [0.3, 0.4) is 0 Å². The summed E-state index contributed by atoms with van der Waals surface area (Å²) in [6.45, 7) is 0. The summed E-state index contributed by atoms with van der Waals surface area (Å²) in [6.07, 6.45) is 0.229. The number of nitrogens with two attached hydrogens (primary N) is 1. The fourth-order valence-corrected chi connectivity index (χ4v) is 5.01. The van der Waals surface area contributed by atoms with Crippen LogP contribution in [0.25, 0.3) is 0 Å². The number of aliphatic carboxylic acids is 1. The molecule has 3 rings (SSSR count). The largest absolute Gasteiger partial charge is 0.480 e. The molecule has 1 aliphatic carbocycles. The van der Waals surface area contributed by atoms with Crippen molar-refractivity contribution in [3.8, 4) is 0 Å². The summed E-state index contributed by atoms with van der Waals surface area (Å²) in [5.74, 6) is -1.55. The van der Waals surface area contributed by atoms with Crippen LogP contribution in [0.2, 0.25) is 0 Å². The van der Waals surface area contributed by atoms with E-state index in [0.29, 0.717) is 5.00 Å². The second-order valence-corrected chi connectivity index (χ2v) is 8.23. The Balaban J connectivity index is 1.90. The average Bonchev–Trinajstić information content (AvgIpc) is 3.02. The van der Waals surface area contributed by atoms with Crippen LogP contribution in [0.4, 0.5) is 5.00 Å². The Bertz CT molecular complexity index is 816. The van der Waals surface area contributed by atoms with Gasteiger partial charge in [0.25, 0.3) is 10.0 Å². The van der Waals surface area contributed by atoms with E-state index in [0.717, 1.165) is 16.9 Å². The zero-order valence-electron chi connectivity index (χ0n) is 11.4. The zero-order valence-corrected chi connectivity index (χ0v) is 13.0. The smallest absolute Gasteiger partial charge is 0.325 e. The number of thiophene rings is 1. The lowest BCUT2D eigenvalue weighted by molar-refractivity contribution is -0.140. The molecule has 116 valence electrons. The van der Waals surface area contributed by atoms with Crippen molar-refractivity contribution < 1.29 is 18.3 Å². The number of hydrogen-bond acceptors (Lipinski definition) is 5. The predicted octanol–water partition coefficient (Wildman–Crippen LogP) is 1.62. The van der Waals surface area contributed by atoms with Gasteiger partial charge in [-0.1, -0.05) is 30.3 Å². The van der Waals surface area contributed by atoms with Crippen LogP contribution in [0, 0.1) is 0 Å². The van der Waals surface area contributed by atoms with Gasteiger partial charge < -0.3 is 10.8 Å². The molecule has 1 heterocycles. The van der Waals surface area contributed by atoms with Crippen LogP contribution in [0.15, 0.2) is 46.7 Å². The van der Waals surface area contributed by atoms with Crippen LogP contribution in [0.1, 0.15) is 17.9 Å². The molecular formula is C14H14N2O4S2. The van der Waals surface area contributed by atoms with Gasteiger partial charge in [-0.15, -0.1) is 11.3 Å². The lowest BCUT2D eigenvalue weighted by Crippen LogP contribution is -2.44. The van der Waals surface area contributed by atoms with Gasteiger partial charge in [-0.05, 0) is 24.1 Å². The van der Waals surface area contributed by atoms with Gasteiger partial charge in [-0.25, -0.2) is 8.42 Å². The van der Waals surface area contributed by atoms with Gasteiger partial charge in [0.05, 0.1) is 5.00 Å². The summed E-state index contributed by atoms with van der Waals surface area (Å²) in [5.41, 5.74) is 4.86. The first-order chi connectivity index (χ1) is 10.3. The number of carboxylic acids is 1. The first-order valence-electron chi connectivity index (χ1n) is 6.53. The summed E-state index contributed by atoms with van der Waals surface area (Å²) in [5, 5.41) is 9.86. The Morgan fingerprint density at radius 2 is 1.95 bits per heavy atom. The molecule has 0 bridgehead atoms. The van der Waals surface area contributed by atoms with Crippen molar-refractivity contribution in [3.63, 3.8) is 0 Å². The van der Waals surface area contributed by atoms with E-state index in [2.05, 4.69) is 4.72 Å². The number of anilines is 1. The molecule has 22 heavy (non-hydrogen) atoms. The Hall–Kier alpha value is -1.90. The van der Waals surface area contributed by atoms with Crippen LogP contribution in [-0.2, 0) is 14.8 Å². The van der Waals surface area contributed by atoms with Crippen molar-refractivity contribution in [2.45, 2.75) is 22.1 Å². The molecule has 2 atom stereocenters. The van der Waals surface area contributed by atoms with Gasteiger partial charge in [-0.3, -0.25) is 4.79 Å². The Labute approximate surface area is 131 Å². The zero-order chi connectivity index (χ0) is 16.0. The van der Waals surface area contributed by atoms with Gasteiger partial charge in [0.15, 0.2) is 0 Å². The van der Waals surface area contributed by atoms with Crippen molar-refractivity contribution in [2.75, 3.05) is 5.73 Å². The van der Waals surface area contributed by atoms with E-state index in [-0.39, 0.29) is 16.5 Å². The topological polar surface area (TPSA) is 109 Å². The van der Waals surface area contributed by atoms with Crippen molar-refractivity contribution in [1.82, 2.24) is 4.72 Å². The highest BCUT2D eigenvalue weighted by molar-refractivity contribution is 7.91. The van der Waals surface area contributed by atoms with E-state index in [1.165, 1.54) is 12.1 Å². The highest BCUT2D eigenvalue weighted by Crippen LogP contribution is 2.52. The third-order valence-electron chi connectivity index (χ3n) is 3.73. The van der Waals surface area contributed by atoms with Crippen LogP contribution in [-0.4, -0.2) is 25.0 Å². The quantitative estimate of drug-likeness (QED) is 0.767. The number of carbonyl (C=O) groups is 1. The first-order valence-corrected chi connectivity index (χ1v) is 8.83. The summed E-state index contributed by atoms with van der Waals surface area (Å²) in [6, 6.07) is 11.9. The van der Waals surface area contributed by atoms with Crippen molar-refractivity contribution in [1.29, 1.82) is 0 Å². The molecule has 8 heteroatoms.